The molecular formula is C15H16F3N3O2. The number of hydrogen-bond donors (Lipinski definition) is 1. The number of amides is 1. The van der Waals surface area contributed by atoms with E-state index in [4.69, 9.17) is 5.73 Å². The monoisotopic (exact) mass is 327 g/mol. The van der Waals surface area contributed by atoms with Gasteiger partial charge >= 0.3 is 12.1 Å². The lowest BCUT2D eigenvalue weighted by Crippen LogP contribution is -2.22. The summed E-state index contributed by atoms with van der Waals surface area (Å²) >= 11 is 0. The summed E-state index contributed by atoms with van der Waals surface area (Å²) in [5.74, 6) is -2.66. The average molecular weight is 327 g/mol. The van der Waals surface area contributed by atoms with Gasteiger partial charge in [-0.2, -0.15) is 18.2 Å². The molecule has 0 aliphatic rings. The van der Waals surface area contributed by atoms with Gasteiger partial charge in [0.05, 0.1) is 5.92 Å². The molecule has 2 N–H and O–H groups in total. The number of aromatic nitrogens is 2. The fraction of sp³-hybridized carbons (Fsp3) is 0.400. The van der Waals surface area contributed by atoms with Crippen LogP contribution in [-0.4, -0.2) is 16.0 Å². The molecule has 124 valence electrons. The summed E-state index contributed by atoms with van der Waals surface area (Å²) in [5, 5.41) is 3.28. The van der Waals surface area contributed by atoms with Crippen LogP contribution in [0.4, 0.5) is 13.2 Å². The zero-order chi connectivity index (χ0) is 17.0. The second kappa shape index (κ2) is 6.80. The highest BCUT2D eigenvalue weighted by atomic mass is 19.4. The van der Waals surface area contributed by atoms with Crippen LogP contribution >= 0.6 is 0 Å². The molecule has 0 aliphatic carbocycles. The lowest BCUT2D eigenvalue weighted by atomic mass is 9.92. The van der Waals surface area contributed by atoms with E-state index in [1.54, 1.807) is 12.1 Å². The molecule has 1 aromatic heterocycles. The highest BCUT2D eigenvalue weighted by Gasteiger charge is 2.38. The number of nitrogens with two attached hydrogens (primary N) is 1. The number of primary amides is 1. The van der Waals surface area contributed by atoms with Crippen molar-refractivity contribution in [3.05, 3.63) is 47.1 Å². The van der Waals surface area contributed by atoms with Crippen LogP contribution in [0.3, 0.4) is 0 Å². The van der Waals surface area contributed by atoms with Gasteiger partial charge in [-0.15, -0.1) is 0 Å². The van der Waals surface area contributed by atoms with Gasteiger partial charge in [0.1, 0.15) is 0 Å². The van der Waals surface area contributed by atoms with Gasteiger partial charge in [-0.25, -0.2) is 0 Å². The predicted octanol–water partition coefficient (Wildman–Crippen LogP) is 2.85. The van der Waals surface area contributed by atoms with Crippen LogP contribution in [0, 0.1) is 0 Å². The molecule has 0 radical (unpaired) electrons. The minimum absolute atomic E-state index is 0.0582. The van der Waals surface area contributed by atoms with Gasteiger partial charge in [-0.3, -0.25) is 4.79 Å². The summed E-state index contributed by atoms with van der Waals surface area (Å²) in [7, 11) is 0. The number of carbonyl (C=O) groups excluding carboxylic acids is 1. The van der Waals surface area contributed by atoms with Gasteiger partial charge in [0.25, 0.3) is 0 Å². The van der Waals surface area contributed by atoms with Crippen molar-refractivity contribution in [2.45, 2.75) is 38.3 Å². The normalized spacial score (nSPS) is 13.0. The van der Waals surface area contributed by atoms with Crippen molar-refractivity contribution < 1.29 is 22.5 Å². The maximum Gasteiger partial charge on any atom is 0.471 e. The first kappa shape index (κ1) is 17.0. The smallest absolute Gasteiger partial charge is 0.369 e. The van der Waals surface area contributed by atoms with Crippen molar-refractivity contribution in [2.24, 2.45) is 5.73 Å². The number of hydrogen-bond acceptors (Lipinski definition) is 4. The Bertz CT molecular complexity index is 665. The maximum atomic E-state index is 12.4. The highest BCUT2D eigenvalue weighted by molar-refractivity contribution is 5.81. The van der Waals surface area contributed by atoms with E-state index in [-0.39, 0.29) is 18.7 Å². The van der Waals surface area contributed by atoms with E-state index in [1.165, 1.54) is 0 Å². The van der Waals surface area contributed by atoms with Crippen LogP contribution in [0.15, 0.2) is 28.8 Å². The van der Waals surface area contributed by atoms with Gasteiger partial charge in [0.15, 0.2) is 5.82 Å². The molecule has 0 bridgehead atoms. The number of aryl methyl sites for hydroxylation is 2. The highest BCUT2D eigenvalue weighted by Crippen LogP contribution is 2.28. The maximum absolute atomic E-state index is 12.4. The van der Waals surface area contributed by atoms with Crippen molar-refractivity contribution in [1.82, 2.24) is 10.1 Å². The Kier molecular flexibility index (Phi) is 5.02. The summed E-state index contributed by atoms with van der Waals surface area (Å²) in [6.07, 6.45) is -3.55. The first-order chi connectivity index (χ1) is 10.8. The average Bonchev–Trinajstić information content (AvgIpc) is 2.97. The van der Waals surface area contributed by atoms with E-state index >= 15 is 0 Å². The van der Waals surface area contributed by atoms with Crippen LogP contribution in [0.5, 0.6) is 0 Å². The van der Waals surface area contributed by atoms with Crippen molar-refractivity contribution in [1.29, 1.82) is 0 Å². The van der Waals surface area contributed by atoms with Crippen molar-refractivity contribution in [3.63, 3.8) is 0 Å². The molecule has 23 heavy (non-hydrogen) atoms. The Morgan fingerprint density at radius 1 is 1.30 bits per heavy atom. The van der Waals surface area contributed by atoms with E-state index in [2.05, 4.69) is 14.7 Å². The van der Waals surface area contributed by atoms with Gasteiger partial charge in [-0.05, 0) is 24.0 Å². The number of halogens is 3. The molecule has 5 nitrogen and oxygen atoms in total. The summed E-state index contributed by atoms with van der Waals surface area (Å²) in [6, 6.07) is 7.38. The molecule has 8 heteroatoms. The molecular weight excluding hydrogens is 311 g/mol. The van der Waals surface area contributed by atoms with E-state index in [9.17, 15) is 18.0 Å². The number of rotatable bonds is 6. The Balaban J connectivity index is 2.08. The fourth-order valence-electron chi connectivity index (χ4n) is 2.20. The molecule has 1 aromatic carbocycles. The number of alkyl halides is 3. The van der Waals surface area contributed by atoms with Crippen molar-refractivity contribution >= 4 is 5.91 Å². The third-order valence-electron chi connectivity index (χ3n) is 3.50. The SMILES string of the molecule is CCc1ccc(C(CCc2noc(C(F)(F)F)n2)C(N)=O)cc1. The molecule has 0 saturated carbocycles. The summed E-state index contributed by atoms with van der Waals surface area (Å²) < 4.78 is 41.3. The van der Waals surface area contributed by atoms with Gasteiger partial charge in [0, 0.05) is 6.42 Å². The Hall–Kier alpha value is -2.38. The minimum Gasteiger partial charge on any atom is -0.369 e. The third-order valence-corrected chi connectivity index (χ3v) is 3.50. The van der Waals surface area contributed by atoms with Crippen LogP contribution in [-0.2, 0) is 23.8 Å². The summed E-state index contributed by atoms with van der Waals surface area (Å²) in [4.78, 5) is 14.9. The topological polar surface area (TPSA) is 82.0 Å². The lowest BCUT2D eigenvalue weighted by Gasteiger charge is -2.13. The van der Waals surface area contributed by atoms with Gasteiger partial charge in [0.2, 0.25) is 5.91 Å². The second-order valence-electron chi connectivity index (χ2n) is 5.10. The van der Waals surface area contributed by atoms with E-state index < -0.39 is 23.9 Å². The number of nitrogens with zero attached hydrogens (tertiary/aromatic N) is 2. The fourth-order valence-corrected chi connectivity index (χ4v) is 2.20. The minimum atomic E-state index is -4.68. The van der Waals surface area contributed by atoms with Gasteiger partial charge in [-0.1, -0.05) is 36.3 Å². The molecule has 2 aromatic rings. The zero-order valence-corrected chi connectivity index (χ0v) is 12.4. The Labute approximate surface area is 130 Å². The molecule has 1 atom stereocenters. The number of benzene rings is 1. The van der Waals surface area contributed by atoms with Crippen LogP contribution in [0.1, 0.15) is 42.1 Å². The third kappa shape index (κ3) is 4.30. The van der Waals surface area contributed by atoms with E-state index in [0.717, 1.165) is 12.0 Å². The molecule has 1 heterocycles. The number of carbonyl (C=O) groups is 1. The second-order valence-corrected chi connectivity index (χ2v) is 5.10. The van der Waals surface area contributed by atoms with Crippen LogP contribution < -0.4 is 5.73 Å². The first-order valence-electron chi connectivity index (χ1n) is 7.09. The van der Waals surface area contributed by atoms with Gasteiger partial charge < -0.3 is 10.3 Å². The standard InChI is InChI=1S/C15H16F3N3O2/c1-2-9-3-5-10(6-4-9)11(13(19)22)7-8-12-20-14(23-21-12)15(16,17)18/h3-6,11H,2,7-8H2,1H3,(H2,19,22). The Morgan fingerprint density at radius 3 is 2.43 bits per heavy atom. The summed E-state index contributed by atoms with van der Waals surface area (Å²) in [6.45, 7) is 2.01. The van der Waals surface area contributed by atoms with E-state index in [0.29, 0.717) is 5.56 Å². The largest absolute Gasteiger partial charge is 0.471 e. The molecule has 0 saturated heterocycles. The Morgan fingerprint density at radius 2 is 1.96 bits per heavy atom. The molecule has 0 spiro atoms. The molecule has 1 amide bonds. The first-order valence-corrected chi connectivity index (χ1v) is 7.09. The van der Waals surface area contributed by atoms with Crippen LogP contribution in [0.2, 0.25) is 0 Å². The predicted molar refractivity (Wildman–Crippen MR) is 75.4 cm³/mol. The zero-order valence-electron chi connectivity index (χ0n) is 12.4. The lowest BCUT2D eigenvalue weighted by molar-refractivity contribution is -0.159. The molecule has 0 fully saturated rings. The van der Waals surface area contributed by atoms with Crippen molar-refractivity contribution in [2.75, 3.05) is 0 Å². The van der Waals surface area contributed by atoms with Crippen LogP contribution in [0.25, 0.3) is 0 Å². The van der Waals surface area contributed by atoms with Crippen molar-refractivity contribution in [3.8, 4) is 0 Å². The molecule has 1 unspecified atom stereocenters. The molecule has 0 aliphatic heterocycles. The quantitative estimate of drug-likeness (QED) is 0.884. The van der Waals surface area contributed by atoms with E-state index in [1.807, 2.05) is 19.1 Å². The summed E-state index contributed by atoms with van der Waals surface area (Å²) in [5.41, 5.74) is 7.23. The molecule has 2 rings (SSSR count).